The molecule has 0 saturated carbocycles. The molecule has 0 bridgehead atoms. The zero-order valence-corrected chi connectivity index (χ0v) is 12.2. The lowest BCUT2D eigenvalue weighted by Crippen LogP contribution is -2.04. The van der Waals surface area contributed by atoms with Gasteiger partial charge in [-0.05, 0) is 45.9 Å². The highest BCUT2D eigenvalue weighted by atomic mass is 127. The summed E-state index contributed by atoms with van der Waals surface area (Å²) in [6.45, 7) is 1.45. The third-order valence-corrected chi connectivity index (χ3v) is 3.26. The Kier molecular flexibility index (Phi) is 3.53. The molecule has 3 aromatic rings. The van der Waals surface area contributed by atoms with E-state index in [1.165, 1.54) is 14.7 Å². The van der Waals surface area contributed by atoms with Gasteiger partial charge in [0.1, 0.15) is 25.3 Å². The second-order valence-corrected chi connectivity index (χ2v) is 5.40. The predicted molar refractivity (Wildman–Crippen MR) is 77.4 cm³/mol. The average molecular weight is 366 g/mol. The van der Waals surface area contributed by atoms with Crippen molar-refractivity contribution in [1.82, 2.24) is 29.5 Å². The van der Waals surface area contributed by atoms with E-state index in [0.29, 0.717) is 0 Å². The quantitative estimate of drug-likeness (QED) is 0.658. The molecule has 0 fully saturated rings. The summed E-state index contributed by atoms with van der Waals surface area (Å²) in [4.78, 5) is 7.90. The molecule has 3 rings (SSSR count). The van der Waals surface area contributed by atoms with E-state index in [-0.39, 0.29) is 0 Å². The van der Waals surface area contributed by atoms with Crippen LogP contribution < -0.4 is 0 Å². The predicted octanol–water partition coefficient (Wildman–Crippen LogP) is 1.57. The minimum atomic E-state index is 0.723. The Hall–Kier alpha value is -1.77. The Morgan fingerprint density at radius 1 is 0.842 bits per heavy atom. The molecule has 0 saturated heterocycles. The summed E-state index contributed by atoms with van der Waals surface area (Å²) in [5, 5.41) is 8.24. The zero-order chi connectivity index (χ0) is 13.1. The Morgan fingerprint density at radius 2 is 1.37 bits per heavy atom. The van der Waals surface area contributed by atoms with Crippen LogP contribution in [0.3, 0.4) is 0 Å². The van der Waals surface area contributed by atoms with Crippen LogP contribution in [-0.4, -0.2) is 29.5 Å². The van der Waals surface area contributed by atoms with Crippen molar-refractivity contribution in [2.75, 3.05) is 0 Å². The lowest BCUT2D eigenvalue weighted by atomic mass is 10.1. The maximum atomic E-state index is 4.12. The van der Waals surface area contributed by atoms with Crippen LogP contribution in [0.2, 0.25) is 0 Å². The van der Waals surface area contributed by atoms with E-state index in [1.54, 1.807) is 25.3 Å². The molecule has 0 aliphatic carbocycles. The molecule has 1 aromatic carbocycles. The summed E-state index contributed by atoms with van der Waals surface area (Å²) < 4.78 is 4.82. The molecule has 2 aromatic heterocycles. The summed E-state index contributed by atoms with van der Waals surface area (Å²) in [6.07, 6.45) is 6.53. The fourth-order valence-corrected chi connectivity index (χ4v) is 2.70. The maximum absolute atomic E-state index is 4.12. The Labute approximate surface area is 123 Å². The topological polar surface area (TPSA) is 61.4 Å². The van der Waals surface area contributed by atoms with E-state index in [2.05, 4.69) is 61.0 Å². The van der Waals surface area contributed by atoms with E-state index in [1.807, 2.05) is 9.36 Å². The molecule has 0 amide bonds. The van der Waals surface area contributed by atoms with Crippen molar-refractivity contribution in [2.24, 2.45) is 0 Å². The van der Waals surface area contributed by atoms with Gasteiger partial charge in [-0.2, -0.15) is 10.2 Å². The Balaban J connectivity index is 1.83. The highest BCUT2D eigenvalue weighted by Crippen LogP contribution is 2.14. The third kappa shape index (κ3) is 3.16. The average Bonchev–Trinajstić information content (AvgIpc) is 3.01. The van der Waals surface area contributed by atoms with E-state index < -0.39 is 0 Å². The normalized spacial score (nSPS) is 10.8. The third-order valence-electron chi connectivity index (χ3n) is 2.64. The Morgan fingerprint density at radius 3 is 1.79 bits per heavy atom. The molecular weight excluding hydrogens is 355 g/mol. The molecule has 0 N–H and O–H groups in total. The second-order valence-electron chi connectivity index (χ2n) is 4.15. The van der Waals surface area contributed by atoms with Gasteiger partial charge in [0, 0.05) is 3.57 Å². The summed E-state index contributed by atoms with van der Waals surface area (Å²) >= 11 is 2.32. The van der Waals surface area contributed by atoms with Crippen LogP contribution in [-0.2, 0) is 13.1 Å². The molecule has 0 spiro atoms. The first kappa shape index (κ1) is 12.3. The standard InChI is InChI=1S/C12H11IN6/c13-12-2-10(4-18-8-14-6-16-18)1-11(3-12)5-19-9-15-7-17-19/h1-3,6-9H,4-5H2. The molecule has 0 atom stereocenters. The summed E-state index contributed by atoms with van der Waals surface area (Å²) in [5.74, 6) is 0. The van der Waals surface area contributed by atoms with Crippen molar-refractivity contribution in [3.63, 3.8) is 0 Å². The SMILES string of the molecule is Ic1cc(Cn2cncn2)cc(Cn2cncn2)c1. The van der Waals surface area contributed by atoms with Gasteiger partial charge in [-0.15, -0.1) is 0 Å². The molecule has 96 valence electrons. The molecule has 0 unspecified atom stereocenters. The van der Waals surface area contributed by atoms with Gasteiger partial charge in [0.2, 0.25) is 0 Å². The molecule has 2 heterocycles. The van der Waals surface area contributed by atoms with Gasteiger partial charge < -0.3 is 0 Å². The molecule has 6 nitrogen and oxygen atoms in total. The van der Waals surface area contributed by atoms with E-state index in [0.717, 1.165) is 13.1 Å². The summed E-state index contributed by atoms with van der Waals surface area (Å²) in [5.41, 5.74) is 2.40. The largest absolute Gasteiger partial charge is 0.249 e. The van der Waals surface area contributed by atoms with Gasteiger partial charge in [0.25, 0.3) is 0 Å². The first-order valence-electron chi connectivity index (χ1n) is 5.73. The number of hydrogen-bond donors (Lipinski definition) is 0. The number of aromatic nitrogens is 6. The molecular formula is C12H11IN6. The first-order valence-corrected chi connectivity index (χ1v) is 6.80. The summed E-state index contributed by atoms with van der Waals surface area (Å²) in [7, 11) is 0. The van der Waals surface area contributed by atoms with Crippen molar-refractivity contribution in [3.05, 3.63) is 58.2 Å². The van der Waals surface area contributed by atoms with E-state index in [9.17, 15) is 0 Å². The second kappa shape index (κ2) is 5.47. The van der Waals surface area contributed by atoms with Crippen LogP contribution in [0.15, 0.2) is 43.5 Å². The van der Waals surface area contributed by atoms with Crippen molar-refractivity contribution in [3.8, 4) is 0 Å². The van der Waals surface area contributed by atoms with Crippen molar-refractivity contribution >= 4 is 22.6 Å². The minimum absolute atomic E-state index is 0.723. The van der Waals surface area contributed by atoms with Crippen molar-refractivity contribution < 1.29 is 0 Å². The molecule has 0 aliphatic heterocycles. The van der Waals surface area contributed by atoms with Crippen LogP contribution in [0.25, 0.3) is 0 Å². The van der Waals surface area contributed by atoms with Gasteiger partial charge in [0.15, 0.2) is 0 Å². The number of halogens is 1. The molecule has 7 heteroatoms. The Bertz CT molecular complexity index is 592. The number of nitrogens with zero attached hydrogens (tertiary/aromatic N) is 6. The fourth-order valence-electron chi connectivity index (χ4n) is 1.90. The van der Waals surface area contributed by atoms with Crippen LogP contribution in [0.5, 0.6) is 0 Å². The van der Waals surface area contributed by atoms with E-state index in [4.69, 9.17) is 0 Å². The maximum Gasteiger partial charge on any atom is 0.137 e. The van der Waals surface area contributed by atoms with Crippen LogP contribution >= 0.6 is 22.6 Å². The van der Waals surface area contributed by atoms with Gasteiger partial charge in [-0.25, -0.2) is 19.3 Å². The number of hydrogen-bond acceptors (Lipinski definition) is 4. The van der Waals surface area contributed by atoms with Crippen molar-refractivity contribution in [1.29, 1.82) is 0 Å². The molecule has 0 radical (unpaired) electrons. The highest BCUT2D eigenvalue weighted by Gasteiger charge is 2.02. The first-order chi connectivity index (χ1) is 9.29. The van der Waals surface area contributed by atoms with Crippen LogP contribution in [0.1, 0.15) is 11.1 Å². The highest BCUT2D eigenvalue weighted by molar-refractivity contribution is 14.1. The molecule has 0 aliphatic rings. The molecule has 19 heavy (non-hydrogen) atoms. The monoisotopic (exact) mass is 366 g/mol. The van der Waals surface area contributed by atoms with Crippen LogP contribution in [0.4, 0.5) is 0 Å². The lowest BCUT2D eigenvalue weighted by molar-refractivity contribution is 0.671. The number of benzene rings is 1. The van der Waals surface area contributed by atoms with Crippen LogP contribution in [0, 0.1) is 3.57 Å². The van der Waals surface area contributed by atoms with Gasteiger partial charge in [-0.3, -0.25) is 0 Å². The van der Waals surface area contributed by atoms with Gasteiger partial charge >= 0.3 is 0 Å². The number of rotatable bonds is 4. The smallest absolute Gasteiger partial charge is 0.137 e. The fraction of sp³-hybridized carbons (Fsp3) is 0.167. The van der Waals surface area contributed by atoms with Gasteiger partial charge in [-0.1, -0.05) is 6.07 Å². The van der Waals surface area contributed by atoms with E-state index >= 15 is 0 Å². The zero-order valence-electron chi connectivity index (χ0n) is 10.0. The summed E-state index contributed by atoms with van der Waals surface area (Å²) in [6, 6.07) is 6.45. The lowest BCUT2D eigenvalue weighted by Gasteiger charge is -2.07. The minimum Gasteiger partial charge on any atom is -0.249 e. The van der Waals surface area contributed by atoms with Gasteiger partial charge in [0.05, 0.1) is 13.1 Å². The van der Waals surface area contributed by atoms with Crippen molar-refractivity contribution in [2.45, 2.75) is 13.1 Å².